The average molecular weight is 472 g/mol. The molecule has 0 radical (unpaired) electrons. The Morgan fingerprint density at radius 1 is 1.20 bits per heavy atom. The van der Waals surface area contributed by atoms with Crippen LogP contribution in [0.4, 0.5) is 5.69 Å². The van der Waals surface area contributed by atoms with Gasteiger partial charge in [-0.1, -0.05) is 26.0 Å². The van der Waals surface area contributed by atoms with Crippen molar-refractivity contribution in [3.8, 4) is 5.69 Å². The lowest BCUT2D eigenvalue weighted by atomic mass is 9.91. The number of nitrogens with one attached hydrogen (secondary N) is 3. The number of carbonyl (C=O) groups is 1. The number of anilines is 1. The van der Waals surface area contributed by atoms with E-state index in [1.807, 2.05) is 35.0 Å². The molecule has 35 heavy (non-hydrogen) atoms. The zero-order valence-corrected chi connectivity index (χ0v) is 20.3. The summed E-state index contributed by atoms with van der Waals surface area (Å²) in [4.78, 5) is 25.4. The fourth-order valence-corrected chi connectivity index (χ4v) is 4.68. The lowest BCUT2D eigenvalue weighted by molar-refractivity contribution is 0.0951. The van der Waals surface area contributed by atoms with Crippen LogP contribution in [0.3, 0.4) is 0 Å². The molecule has 5 N–H and O–H groups in total. The van der Waals surface area contributed by atoms with Gasteiger partial charge in [0.2, 0.25) is 0 Å². The number of imidazole rings is 1. The molecule has 0 spiro atoms. The number of aromatic amines is 1. The largest absolute Gasteiger partial charge is 0.381 e. The summed E-state index contributed by atoms with van der Waals surface area (Å²) in [6.45, 7) is 4.72. The Bertz CT molecular complexity index is 1280. The summed E-state index contributed by atoms with van der Waals surface area (Å²) in [6.07, 6.45) is 11.1. The van der Waals surface area contributed by atoms with Crippen molar-refractivity contribution in [1.29, 1.82) is 0 Å². The van der Waals surface area contributed by atoms with Gasteiger partial charge in [0.05, 0.1) is 17.6 Å². The lowest BCUT2D eigenvalue weighted by Crippen LogP contribution is -2.33. The summed E-state index contributed by atoms with van der Waals surface area (Å²) in [7, 11) is 0. The van der Waals surface area contributed by atoms with Gasteiger partial charge in [0, 0.05) is 54.0 Å². The van der Waals surface area contributed by atoms with Gasteiger partial charge in [0.1, 0.15) is 5.65 Å². The van der Waals surface area contributed by atoms with Crippen molar-refractivity contribution in [3.63, 3.8) is 0 Å². The summed E-state index contributed by atoms with van der Waals surface area (Å²) >= 11 is 0. The summed E-state index contributed by atoms with van der Waals surface area (Å²) in [5.74, 6) is 0.202. The van der Waals surface area contributed by atoms with Gasteiger partial charge >= 0.3 is 0 Å². The maximum absolute atomic E-state index is 13.3. The number of H-pyrrole nitrogens is 1. The number of nitrogens with two attached hydrogens (primary N) is 1. The summed E-state index contributed by atoms with van der Waals surface area (Å²) in [6, 6.07) is 10.8. The first-order valence-electron chi connectivity index (χ1n) is 12.4. The van der Waals surface area contributed by atoms with Crippen molar-refractivity contribution in [3.05, 3.63) is 72.1 Å². The predicted molar refractivity (Wildman–Crippen MR) is 139 cm³/mol. The Kier molecular flexibility index (Phi) is 6.55. The second-order valence-corrected chi connectivity index (χ2v) is 9.76. The highest BCUT2D eigenvalue weighted by atomic mass is 16.1. The molecule has 1 fully saturated rings. The summed E-state index contributed by atoms with van der Waals surface area (Å²) < 4.78 is 1.95. The minimum atomic E-state index is -0.139. The number of hydrogen-bond acceptors (Lipinski definition) is 5. The number of rotatable bonds is 7. The van der Waals surface area contributed by atoms with Crippen LogP contribution in [0.2, 0.25) is 0 Å². The van der Waals surface area contributed by atoms with Crippen molar-refractivity contribution in [2.24, 2.45) is 5.73 Å². The van der Waals surface area contributed by atoms with E-state index in [4.69, 9.17) is 5.73 Å². The molecule has 1 saturated carbocycles. The Morgan fingerprint density at radius 2 is 1.97 bits per heavy atom. The standard InChI is InChI=1S/C27H33N7O/c1-17(2)24-13-22-25(32-20-7-5-19(28)6-8-20)23(15-30-26(22)33-24)27(35)31-14-18-3-9-21(10-4-18)34-12-11-29-16-34/h3-4,9-13,15-17,19-20H,5-8,14,28H2,1-2H3,(H,31,35)(H2,30,32,33)/t19-,20-. The fourth-order valence-electron chi connectivity index (χ4n) is 4.68. The number of carbonyl (C=O) groups excluding carboxylic acids is 1. The van der Waals surface area contributed by atoms with Gasteiger partial charge < -0.3 is 25.9 Å². The number of hydrogen-bond donors (Lipinski definition) is 4. The van der Waals surface area contributed by atoms with Crippen molar-refractivity contribution < 1.29 is 4.79 Å². The highest BCUT2D eigenvalue weighted by Gasteiger charge is 2.23. The van der Waals surface area contributed by atoms with Crippen LogP contribution in [0.5, 0.6) is 0 Å². The van der Waals surface area contributed by atoms with Gasteiger partial charge in [0.15, 0.2) is 0 Å². The molecular formula is C27H33N7O. The Morgan fingerprint density at radius 3 is 2.66 bits per heavy atom. The molecule has 1 aliphatic rings. The lowest BCUT2D eigenvalue weighted by Gasteiger charge is -2.28. The molecule has 3 heterocycles. The predicted octanol–water partition coefficient (Wildman–Crippen LogP) is 4.48. The molecule has 8 heteroatoms. The third-order valence-electron chi connectivity index (χ3n) is 6.86. The van der Waals surface area contributed by atoms with Crippen LogP contribution >= 0.6 is 0 Å². The molecule has 1 amide bonds. The molecule has 0 atom stereocenters. The third-order valence-corrected chi connectivity index (χ3v) is 6.86. The molecule has 8 nitrogen and oxygen atoms in total. The highest BCUT2D eigenvalue weighted by molar-refractivity contribution is 6.06. The zero-order chi connectivity index (χ0) is 24.4. The molecule has 1 aromatic carbocycles. The minimum Gasteiger partial charge on any atom is -0.381 e. The first-order valence-corrected chi connectivity index (χ1v) is 12.4. The first-order chi connectivity index (χ1) is 17.0. The highest BCUT2D eigenvalue weighted by Crippen LogP contribution is 2.32. The molecular weight excluding hydrogens is 438 g/mol. The van der Waals surface area contributed by atoms with E-state index in [1.165, 1.54) is 0 Å². The van der Waals surface area contributed by atoms with E-state index in [1.54, 1.807) is 18.7 Å². The van der Waals surface area contributed by atoms with Gasteiger partial charge in [-0.25, -0.2) is 9.97 Å². The maximum atomic E-state index is 13.3. The van der Waals surface area contributed by atoms with E-state index in [2.05, 4.69) is 45.5 Å². The summed E-state index contributed by atoms with van der Waals surface area (Å²) in [5, 5.41) is 7.72. The van der Waals surface area contributed by atoms with Gasteiger partial charge in [-0.3, -0.25) is 4.79 Å². The second-order valence-electron chi connectivity index (χ2n) is 9.76. The van der Waals surface area contributed by atoms with E-state index >= 15 is 0 Å². The first kappa shape index (κ1) is 23.1. The van der Waals surface area contributed by atoms with Crippen molar-refractivity contribution >= 4 is 22.6 Å². The second kappa shape index (κ2) is 9.92. The van der Waals surface area contributed by atoms with Crippen LogP contribution in [0.15, 0.2) is 55.2 Å². The van der Waals surface area contributed by atoms with E-state index in [0.29, 0.717) is 24.1 Å². The monoisotopic (exact) mass is 471 g/mol. The smallest absolute Gasteiger partial charge is 0.255 e. The van der Waals surface area contributed by atoms with Gasteiger partial charge in [-0.05, 0) is 55.4 Å². The van der Waals surface area contributed by atoms with Gasteiger partial charge in [0.25, 0.3) is 5.91 Å². The Hall–Kier alpha value is -3.65. The molecule has 1 aliphatic carbocycles. The topological polar surface area (TPSA) is 114 Å². The number of aromatic nitrogens is 4. The third kappa shape index (κ3) is 5.07. The van der Waals surface area contributed by atoms with Crippen LogP contribution in [0.1, 0.15) is 67.1 Å². The SMILES string of the molecule is CC(C)c1cc2c(N[C@H]3CC[C@H](N)CC3)c(C(=O)NCc3ccc(-n4ccnc4)cc3)cnc2[nH]1. The molecule has 0 unspecified atom stereocenters. The molecule has 4 aromatic rings. The van der Waals surface area contributed by atoms with Crippen LogP contribution in [-0.2, 0) is 6.54 Å². The number of fused-ring (bicyclic) bond motifs is 1. The fraction of sp³-hybridized carbons (Fsp3) is 0.370. The number of pyridine rings is 1. The van der Waals surface area contributed by atoms with Crippen LogP contribution in [-0.4, -0.2) is 37.5 Å². The van der Waals surface area contributed by atoms with Gasteiger partial charge in [-0.2, -0.15) is 0 Å². The normalized spacial score (nSPS) is 18.2. The quantitative estimate of drug-likeness (QED) is 0.317. The van der Waals surface area contributed by atoms with E-state index in [9.17, 15) is 4.79 Å². The van der Waals surface area contributed by atoms with E-state index in [-0.39, 0.29) is 11.9 Å². The van der Waals surface area contributed by atoms with Crippen molar-refractivity contribution in [2.75, 3.05) is 5.32 Å². The molecule has 5 rings (SSSR count). The Labute approximate surface area is 205 Å². The van der Waals surface area contributed by atoms with Crippen molar-refractivity contribution in [1.82, 2.24) is 24.8 Å². The van der Waals surface area contributed by atoms with E-state index < -0.39 is 0 Å². The molecule has 0 aliphatic heterocycles. The molecule has 3 aromatic heterocycles. The number of benzene rings is 1. The average Bonchev–Trinajstić information content (AvgIpc) is 3.55. The molecule has 0 bridgehead atoms. The van der Waals surface area contributed by atoms with Crippen LogP contribution in [0.25, 0.3) is 16.7 Å². The van der Waals surface area contributed by atoms with E-state index in [0.717, 1.165) is 59.3 Å². The molecule has 182 valence electrons. The Balaban J connectivity index is 1.37. The maximum Gasteiger partial charge on any atom is 0.255 e. The minimum absolute atomic E-state index is 0.139. The van der Waals surface area contributed by atoms with Gasteiger partial charge in [-0.15, -0.1) is 0 Å². The summed E-state index contributed by atoms with van der Waals surface area (Å²) in [5.41, 5.74) is 11.5. The number of amides is 1. The zero-order valence-electron chi connectivity index (χ0n) is 20.3. The molecule has 0 saturated heterocycles. The van der Waals surface area contributed by atoms with Crippen molar-refractivity contribution in [2.45, 2.75) is 64.1 Å². The van der Waals surface area contributed by atoms with Crippen LogP contribution in [0, 0.1) is 0 Å². The number of nitrogens with zero attached hydrogens (tertiary/aromatic N) is 3. The van der Waals surface area contributed by atoms with Crippen LogP contribution < -0.4 is 16.4 Å².